The zero-order valence-electron chi connectivity index (χ0n) is 12.1. The highest BCUT2D eigenvalue weighted by Gasteiger charge is 2.20. The third kappa shape index (κ3) is 2.99. The number of anilines is 1. The Morgan fingerprint density at radius 2 is 2.05 bits per heavy atom. The van der Waals surface area contributed by atoms with Gasteiger partial charge in [-0.15, -0.1) is 0 Å². The van der Waals surface area contributed by atoms with Crippen LogP contribution in [0.25, 0.3) is 0 Å². The van der Waals surface area contributed by atoms with E-state index in [1.807, 2.05) is 18.2 Å². The van der Waals surface area contributed by atoms with Gasteiger partial charge in [0.25, 0.3) is 5.91 Å². The topological polar surface area (TPSA) is 73.8 Å². The highest BCUT2D eigenvalue weighted by molar-refractivity contribution is 5.92. The van der Waals surface area contributed by atoms with E-state index in [2.05, 4.69) is 9.97 Å². The Hall–Kier alpha value is -2.67. The predicted octanol–water partition coefficient (Wildman–Crippen LogP) is 1.38. The lowest BCUT2D eigenvalue weighted by Gasteiger charge is -2.20. The Morgan fingerprint density at radius 3 is 2.82 bits per heavy atom. The monoisotopic (exact) mass is 301 g/mol. The molecule has 0 saturated heterocycles. The lowest BCUT2D eigenvalue weighted by Crippen LogP contribution is -2.34. The zero-order chi connectivity index (χ0) is 15.4. The Labute approximate surface area is 127 Å². The van der Waals surface area contributed by atoms with Crippen LogP contribution < -0.4 is 14.4 Å². The lowest BCUT2D eigenvalue weighted by molar-refractivity contribution is -0.122. The van der Waals surface area contributed by atoms with Crippen molar-refractivity contribution < 1.29 is 19.0 Å². The molecular formula is C15H15N3O4. The number of aromatic nitrogens is 2. The molecule has 0 spiro atoms. The molecule has 0 fully saturated rings. The molecule has 7 heteroatoms. The van der Waals surface area contributed by atoms with Gasteiger partial charge in [0, 0.05) is 19.5 Å². The van der Waals surface area contributed by atoms with Crippen LogP contribution >= 0.6 is 0 Å². The SMILES string of the molecule is COCC(=O)N(Cc1ccc2c(c1)OCO2)c1ncccn1. The van der Waals surface area contributed by atoms with Gasteiger partial charge in [0.15, 0.2) is 11.5 Å². The number of rotatable bonds is 5. The molecule has 1 amide bonds. The van der Waals surface area contributed by atoms with Crippen molar-refractivity contribution in [3.8, 4) is 11.5 Å². The normalized spacial score (nSPS) is 12.2. The number of carbonyl (C=O) groups is 1. The van der Waals surface area contributed by atoms with Crippen LogP contribution in [0.3, 0.4) is 0 Å². The van der Waals surface area contributed by atoms with Crippen molar-refractivity contribution in [2.45, 2.75) is 6.54 Å². The molecule has 0 saturated carbocycles. The van der Waals surface area contributed by atoms with Gasteiger partial charge in [-0.3, -0.25) is 9.69 Å². The first-order valence-electron chi connectivity index (χ1n) is 6.73. The van der Waals surface area contributed by atoms with E-state index in [1.54, 1.807) is 18.5 Å². The molecule has 0 N–H and O–H groups in total. The van der Waals surface area contributed by atoms with Gasteiger partial charge in [-0.2, -0.15) is 0 Å². The van der Waals surface area contributed by atoms with Gasteiger partial charge in [-0.1, -0.05) is 6.07 Å². The maximum Gasteiger partial charge on any atom is 0.255 e. The van der Waals surface area contributed by atoms with Crippen LogP contribution in [0.5, 0.6) is 11.5 Å². The summed E-state index contributed by atoms with van der Waals surface area (Å²) in [6.45, 7) is 0.499. The first-order valence-corrected chi connectivity index (χ1v) is 6.73. The molecule has 1 aromatic heterocycles. The van der Waals surface area contributed by atoms with Gasteiger partial charge in [0.05, 0.1) is 6.54 Å². The van der Waals surface area contributed by atoms with Gasteiger partial charge in [0.1, 0.15) is 6.61 Å². The van der Waals surface area contributed by atoms with Crippen LogP contribution in [-0.2, 0) is 16.1 Å². The predicted molar refractivity (Wildman–Crippen MR) is 77.7 cm³/mol. The fraction of sp³-hybridized carbons (Fsp3) is 0.267. The molecule has 0 aliphatic carbocycles. The number of methoxy groups -OCH3 is 1. The molecule has 1 aliphatic heterocycles. The minimum Gasteiger partial charge on any atom is -0.454 e. The second-order valence-corrected chi connectivity index (χ2v) is 4.65. The highest BCUT2D eigenvalue weighted by Crippen LogP contribution is 2.33. The average Bonchev–Trinajstić information content (AvgIpc) is 3.01. The quantitative estimate of drug-likeness (QED) is 0.831. The van der Waals surface area contributed by atoms with Crippen LogP contribution in [0, 0.1) is 0 Å². The fourth-order valence-corrected chi connectivity index (χ4v) is 2.12. The third-order valence-corrected chi connectivity index (χ3v) is 3.14. The smallest absolute Gasteiger partial charge is 0.255 e. The van der Waals surface area contributed by atoms with Crippen molar-refractivity contribution in [3.05, 3.63) is 42.2 Å². The first-order chi connectivity index (χ1) is 10.8. The Balaban J connectivity index is 1.85. The summed E-state index contributed by atoms with van der Waals surface area (Å²) in [7, 11) is 1.47. The highest BCUT2D eigenvalue weighted by atomic mass is 16.7. The number of fused-ring (bicyclic) bond motifs is 1. The number of hydrogen-bond acceptors (Lipinski definition) is 6. The molecule has 1 aliphatic rings. The number of nitrogens with zero attached hydrogens (tertiary/aromatic N) is 3. The van der Waals surface area contributed by atoms with Crippen molar-refractivity contribution in [3.63, 3.8) is 0 Å². The lowest BCUT2D eigenvalue weighted by atomic mass is 10.2. The molecule has 0 radical (unpaired) electrons. The minimum absolute atomic E-state index is 0.0389. The maximum absolute atomic E-state index is 12.2. The van der Waals surface area contributed by atoms with Gasteiger partial charge in [-0.05, 0) is 23.8 Å². The van der Waals surface area contributed by atoms with Crippen molar-refractivity contribution >= 4 is 11.9 Å². The van der Waals surface area contributed by atoms with Crippen LogP contribution in [0.4, 0.5) is 5.95 Å². The second kappa shape index (κ2) is 6.40. The molecule has 2 aromatic rings. The molecule has 114 valence electrons. The van der Waals surface area contributed by atoms with Gasteiger partial charge >= 0.3 is 0 Å². The standard InChI is InChI=1S/C15H15N3O4/c1-20-9-14(19)18(15-16-5-2-6-17-15)8-11-3-4-12-13(7-11)22-10-21-12/h2-7H,8-10H2,1H3. The second-order valence-electron chi connectivity index (χ2n) is 4.65. The summed E-state index contributed by atoms with van der Waals surface area (Å²) in [4.78, 5) is 22.0. The van der Waals surface area contributed by atoms with E-state index >= 15 is 0 Å². The summed E-state index contributed by atoms with van der Waals surface area (Å²) in [5.41, 5.74) is 0.890. The van der Waals surface area contributed by atoms with E-state index in [1.165, 1.54) is 12.0 Å². The molecular weight excluding hydrogens is 286 g/mol. The molecule has 2 heterocycles. The van der Waals surface area contributed by atoms with Gasteiger partial charge in [0.2, 0.25) is 12.7 Å². The van der Waals surface area contributed by atoms with Crippen LogP contribution in [0.15, 0.2) is 36.7 Å². The first kappa shape index (κ1) is 14.3. The van der Waals surface area contributed by atoms with Crippen LogP contribution in [-0.4, -0.2) is 36.4 Å². The molecule has 22 heavy (non-hydrogen) atoms. The summed E-state index contributed by atoms with van der Waals surface area (Å²) < 4.78 is 15.6. The van der Waals surface area contributed by atoms with Crippen molar-refractivity contribution in [1.29, 1.82) is 0 Å². The van der Waals surface area contributed by atoms with E-state index in [0.29, 0.717) is 24.0 Å². The Kier molecular flexibility index (Phi) is 4.15. The summed E-state index contributed by atoms with van der Waals surface area (Å²) in [6, 6.07) is 7.24. The molecule has 0 atom stereocenters. The molecule has 0 unspecified atom stereocenters. The van der Waals surface area contributed by atoms with Crippen LogP contribution in [0.1, 0.15) is 5.56 Å². The summed E-state index contributed by atoms with van der Waals surface area (Å²) in [6.07, 6.45) is 3.18. The summed E-state index contributed by atoms with van der Waals surface area (Å²) in [5, 5.41) is 0. The maximum atomic E-state index is 12.2. The summed E-state index contributed by atoms with van der Waals surface area (Å²) in [5.74, 6) is 1.49. The van der Waals surface area contributed by atoms with E-state index < -0.39 is 0 Å². The molecule has 7 nitrogen and oxygen atoms in total. The van der Waals surface area contributed by atoms with Gasteiger partial charge < -0.3 is 14.2 Å². The number of ether oxygens (including phenoxy) is 3. The van der Waals surface area contributed by atoms with E-state index in [-0.39, 0.29) is 19.3 Å². The van der Waals surface area contributed by atoms with E-state index in [9.17, 15) is 4.79 Å². The van der Waals surface area contributed by atoms with Crippen molar-refractivity contribution in [2.75, 3.05) is 25.4 Å². The van der Waals surface area contributed by atoms with Crippen molar-refractivity contribution in [2.24, 2.45) is 0 Å². The fourth-order valence-electron chi connectivity index (χ4n) is 2.12. The Morgan fingerprint density at radius 1 is 1.27 bits per heavy atom. The van der Waals surface area contributed by atoms with Gasteiger partial charge in [-0.25, -0.2) is 9.97 Å². The molecule has 3 rings (SSSR count). The average molecular weight is 301 g/mol. The Bertz CT molecular complexity index is 663. The summed E-state index contributed by atoms with van der Waals surface area (Å²) >= 11 is 0. The third-order valence-electron chi connectivity index (χ3n) is 3.14. The molecule has 1 aromatic carbocycles. The van der Waals surface area contributed by atoms with Crippen LogP contribution in [0.2, 0.25) is 0 Å². The minimum atomic E-state index is -0.216. The largest absolute Gasteiger partial charge is 0.454 e. The van der Waals surface area contributed by atoms with E-state index in [0.717, 1.165) is 5.56 Å². The number of carbonyl (C=O) groups excluding carboxylic acids is 1. The number of amides is 1. The number of hydrogen-bond donors (Lipinski definition) is 0. The molecule has 0 bridgehead atoms. The zero-order valence-corrected chi connectivity index (χ0v) is 12.1. The van der Waals surface area contributed by atoms with E-state index in [4.69, 9.17) is 14.2 Å². The number of benzene rings is 1. The van der Waals surface area contributed by atoms with Crippen molar-refractivity contribution in [1.82, 2.24) is 9.97 Å².